The van der Waals surface area contributed by atoms with E-state index in [0.717, 1.165) is 11.3 Å². The van der Waals surface area contributed by atoms with Gasteiger partial charge in [-0.1, -0.05) is 6.92 Å². The summed E-state index contributed by atoms with van der Waals surface area (Å²) in [5.74, 6) is 0.462. The van der Waals surface area contributed by atoms with Crippen molar-refractivity contribution >= 4 is 33.0 Å². The molecule has 2 heterocycles. The lowest BCUT2D eigenvalue weighted by Crippen LogP contribution is -2.35. The fourth-order valence-corrected chi connectivity index (χ4v) is 5.33. The highest BCUT2D eigenvalue weighted by Gasteiger charge is 2.31. The first-order valence-corrected chi connectivity index (χ1v) is 12.3. The summed E-state index contributed by atoms with van der Waals surface area (Å²) in [7, 11) is -3.65. The van der Waals surface area contributed by atoms with E-state index in [1.54, 1.807) is 35.2 Å². The highest BCUT2D eigenvalue weighted by Crippen LogP contribution is 2.35. The molecule has 0 unspecified atom stereocenters. The molecule has 0 bridgehead atoms. The van der Waals surface area contributed by atoms with Gasteiger partial charge >= 0.3 is 0 Å². The van der Waals surface area contributed by atoms with Crippen molar-refractivity contribution in [2.24, 2.45) is 0 Å². The maximum Gasteiger partial charge on any atom is 0.226 e. The van der Waals surface area contributed by atoms with E-state index in [4.69, 9.17) is 9.47 Å². The molecule has 0 spiro atoms. The molecule has 0 aromatic heterocycles. The lowest BCUT2D eigenvalue weighted by atomic mass is 10.1. The molecule has 2 aliphatic heterocycles. The van der Waals surface area contributed by atoms with Crippen molar-refractivity contribution in [1.82, 2.24) is 0 Å². The van der Waals surface area contributed by atoms with Crippen LogP contribution in [0.25, 0.3) is 0 Å². The minimum atomic E-state index is -3.65. The number of carbonyl (C=O) groups is 2. The molecule has 0 saturated carbocycles. The quantitative estimate of drug-likeness (QED) is 0.714. The van der Waals surface area contributed by atoms with Crippen LogP contribution >= 0.6 is 0 Å². The van der Waals surface area contributed by atoms with Gasteiger partial charge in [-0.15, -0.1) is 0 Å². The Morgan fingerprint density at radius 1 is 1.09 bits per heavy atom. The molecule has 170 valence electrons. The van der Waals surface area contributed by atoms with Gasteiger partial charge in [0.15, 0.2) is 21.3 Å². The fourth-order valence-electron chi connectivity index (χ4n) is 4.04. The Morgan fingerprint density at radius 2 is 1.84 bits per heavy atom. The molecule has 2 aromatic rings. The summed E-state index contributed by atoms with van der Waals surface area (Å²) in [5, 5.41) is 2.71. The maximum atomic E-state index is 12.8. The Morgan fingerprint density at radius 3 is 2.59 bits per heavy atom. The van der Waals surface area contributed by atoms with Crippen molar-refractivity contribution in [2.45, 2.75) is 44.0 Å². The second-order valence-electron chi connectivity index (χ2n) is 7.94. The Bertz CT molecular complexity index is 1160. The van der Waals surface area contributed by atoms with Crippen LogP contribution < -0.4 is 19.7 Å². The molecule has 1 atom stereocenters. The maximum absolute atomic E-state index is 12.8. The summed E-state index contributed by atoms with van der Waals surface area (Å²) in [5.41, 5.74) is 2.12. The largest absolute Gasteiger partial charge is 0.486 e. The van der Waals surface area contributed by atoms with E-state index < -0.39 is 15.7 Å². The lowest BCUT2D eigenvalue weighted by Gasteiger charge is -2.22. The fraction of sp³-hybridized carbons (Fsp3) is 0.391. The zero-order valence-corrected chi connectivity index (χ0v) is 18.9. The number of anilines is 2. The van der Waals surface area contributed by atoms with Crippen molar-refractivity contribution in [3.05, 3.63) is 42.0 Å². The van der Waals surface area contributed by atoms with E-state index in [1.807, 2.05) is 13.8 Å². The molecule has 32 heavy (non-hydrogen) atoms. The number of fused-ring (bicyclic) bond motifs is 2. The molecule has 1 N–H and O–H groups in total. The number of amides is 2. The standard InChI is InChI=1S/C23H26N2O6S/c1-3-23(27)25-15(2)12-16-13-18(5-6-19(16)25)32(28,29)11-8-22(26)24-17-4-7-20-21(14-17)31-10-9-30-20/h4-7,13-15H,3,8-12H2,1-2H3,(H,24,26)/t15-/m0/s1. The van der Waals surface area contributed by atoms with Gasteiger partial charge in [0.05, 0.1) is 10.6 Å². The molecule has 0 saturated heterocycles. The van der Waals surface area contributed by atoms with Crippen LogP contribution in [0.2, 0.25) is 0 Å². The number of ether oxygens (including phenoxy) is 2. The van der Waals surface area contributed by atoms with Crippen molar-refractivity contribution in [3.8, 4) is 11.5 Å². The third-order valence-corrected chi connectivity index (χ3v) is 7.33. The summed E-state index contributed by atoms with van der Waals surface area (Å²) >= 11 is 0. The molecule has 0 fully saturated rings. The first kappa shape index (κ1) is 22.1. The molecule has 8 nitrogen and oxygen atoms in total. The molecule has 0 radical (unpaired) electrons. The predicted molar refractivity (Wildman–Crippen MR) is 120 cm³/mol. The SMILES string of the molecule is CCC(=O)N1c2ccc(S(=O)(=O)CCC(=O)Nc3ccc4c(c3)OCCO4)cc2C[C@@H]1C. The van der Waals surface area contributed by atoms with Crippen molar-refractivity contribution in [1.29, 1.82) is 0 Å². The van der Waals surface area contributed by atoms with Crippen LogP contribution in [0, 0.1) is 0 Å². The van der Waals surface area contributed by atoms with Crippen molar-refractivity contribution in [3.63, 3.8) is 0 Å². The minimum absolute atomic E-state index is 0.00724. The van der Waals surface area contributed by atoms with E-state index in [-0.39, 0.29) is 29.0 Å². The van der Waals surface area contributed by atoms with Crippen LogP contribution in [0.1, 0.15) is 32.3 Å². The van der Waals surface area contributed by atoms with Gasteiger partial charge < -0.3 is 19.7 Å². The summed E-state index contributed by atoms with van der Waals surface area (Å²) in [6.07, 6.45) is 0.821. The third-order valence-electron chi connectivity index (χ3n) is 5.62. The zero-order chi connectivity index (χ0) is 22.9. The van der Waals surface area contributed by atoms with Crippen molar-refractivity contribution in [2.75, 3.05) is 29.2 Å². The lowest BCUT2D eigenvalue weighted by molar-refractivity contribution is -0.118. The highest BCUT2D eigenvalue weighted by molar-refractivity contribution is 7.91. The van der Waals surface area contributed by atoms with Gasteiger partial charge in [-0.2, -0.15) is 0 Å². The van der Waals surface area contributed by atoms with Gasteiger partial charge in [-0.3, -0.25) is 9.59 Å². The molecule has 0 aliphatic carbocycles. The van der Waals surface area contributed by atoms with Gasteiger partial charge in [-0.25, -0.2) is 8.42 Å². The van der Waals surface area contributed by atoms with E-state index in [1.165, 1.54) is 6.07 Å². The van der Waals surface area contributed by atoms with Gasteiger partial charge in [0.25, 0.3) is 0 Å². The molecular formula is C23H26N2O6S. The smallest absolute Gasteiger partial charge is 0.226 e. The molecule has 9 heteroatoms. The number of rotatable bonds is 6. The number of sulfone groups is 1. The van der Waals surface area contributed by atoms with E-state index in [9.17, 15) is 18.0 Å². The average Bonchev–Trinajstić information content (AvgIpc) is 3.12. The number of hydrogen-bond acceptors (Lipinski definition) is 6. The zero-order valence-electron chi connectivity index (χ0n) is 18.1. The predicted octanol–water partition coefficient (Wildman–Crippen LogP) is 2.95. The van der Waals surface area contributed by atoms with Crippen LogP contribution in [0.15, 0.2) is 41.3 Å². The van der Waals surface area contributed by atoms with Crippen LogP contribution in [0.4, 0.5) is 11.4 Å². The van der Waals surface area contributed by atoms with Crippen LogP contribution in [0.5, 0.6) is 11.5 Å². The highest BCUT2D eigenvalue weighted by atomic mass is 32.2. The minimum Gasteiger partial charge on any atom is -0.486 e. The topological polar surface area (TPSA) is 102 Å². The molecule has 2 amide bonds. The molecular weight excluding hydrogens is 432 g/mol. The normalized spacial score (nSPS) is 17.1. The van der Waals surface area contributed by atoms with E-state index in [2.05, 4.69) is 5.32 Å². The first-order valence-electron chi connectivity index (χ1n) is 10.7. The van der Waals surface area contributed by atoms with E-state index >= 15 is 0 Å². The Hall–Kier alpha value is -3.07. The van der Waals surface area contributed by atoms with Crippen LogP contribution in [-0.2, 0) is 25.8 Å². The van der Waals surface area contributed by atoms with Gasteiger partial charge in [-0.05, 0) is 49.2 Å². The van der Waals surface area contributed by atoms with Gasteiger partial charge in [0.2, 0.25) is 11.8 Å². The average molecular weight is 459 g/mol. The number of benzene rings is 2. The third kappa shape index (κ3) is 4.43. The number of hydrogen-bond donors (Lipinski definition) is 1. The second-order valence-corrected chi connectivity index (χ2v) is 10.0. The molecule has 4 rings (SSSR count). The number of nitrogens with zero attached hydrogens (tertiary/aromatic N) is 1. The number of nitrogens with one attached hydrogen (secondary N) is 1. The Kier molecular flexibility index (Phi) is 6.10. The first-order chi connectivity index (χ1) is 15.3. The van der Waals surface area contributed by atoms with E-state index in [0.29, 0.717) is 43.2 Å². The Labute approximate surface area is 187 Å². The summed E-state index contributed by atoms with van der Waals surface area (Å²) < 4.78 is 36.6. The summed E-state index contributed by atoms with van der Waals surface area (Å²) in [6.45, 7) is 4.67. The monoisotopic (exact) mass is 458 g/mol. The second kappa shape index (κ2) is 8.82. The summed E-state index contributed by atoms with van der Waals surface area (Å²) in [6, 6.07) is 9.88. The van der Waals surface area contributed by atoms with Crippen LogP contribution in [-0.4, -0.2) is 45.2 Å². The van der Waals surface area contributed by atoms with Gasteiger partial charge in [0.1, 0.15) is 13.2 Å². The Balaban J connectivity index is 1.41. The summed E-state index contributed by atoms with van der Waals surface area (Å²) in [4.78, 5) is 26.5. The molecule has 2 aromatic carbocycles. The van der Waals surface area contributed by atoms with Gasteiger partial charge in [0, 0.05) is 36.3 Å². The molecule has 2 aliphatic rings. The van der Waals surface area contributed by atoms with Crippen molar-refractivity contribution < 1.29 is 27.5 Å². The van der Waals surface area contributed by atoms with Crippen LogP contribution in [0.3, 0.4) is 0 Å². The number of carbonyl (C=O) groups excluding carboxylic acids is 2.